The van der Waals surface area contributed by atoms with Crippen molar-refractivity contribution in [1.29, 1.82) is 0 Å². The molecule has 14 nitrogen and oxygen atoms in total. The summed E-state index contributed by atoms with van der Waals surface area (Å²) in [5.41, 5.74) is 0.562. The molecular weight excluding hydrogens is 668 g/mol. The molecule has 10 fully saturated rings. The van der Waals surface area contributed by atoms with Crippen molar-refractivity contribution >= 4 is 17.8 Å². The topological polar surface area (TPSA) is 168 Å². The van der Waals surface area contributed by atoms with Crippen LogP contribution in [0.1, 0.15) is 105 Å². The Morgan fingerprint density at radius 1 is 0.769 bits per heavy atom. The second-order valence-corrected chi connectivity index (χ2v) is 19.8. The maximum Gasteiger partial charge on any atom is 0.326 e. The van der Waals surface area contributed by atoms with Gasteiger partial charge in [-0.25, -0.2) is 14.7 Å². The number of H-pyrrole nitrogens is 1. The molecule has 8 aliphatic heterocycles. The number of carboxylic acid groups (broad SMARTS) is 1. The first-order valence-corrected chi connectivity index (χ1v) is 19.4. The Morgan fingerprint density at radius 3 is 1.75 bits per heavy atom. The normalized spacial score (nSPS) is 47.6. The van der Waals surface area contributed by atoms with Crippen molar-refractivity contribution in [1.82, 2.24) is 30.4 Å². The van der Waals surface area contributed by atoms with Gasteiger partial charge in [-0.1, -0.05) is 41.5 Å². The first kappa shape index (κ1) is 35.1. The summed E-state index contributed by atoms with van der Waals surface area (Å²) < 4.78 is 26.0. The fourth-order valence-corrected chi connectivity index (χ4v) is 13.8. The molecule has 11 rings (SSSR count). The third kappa shape index (κ3) is 5.25. The molecule has 1 aromatic rings. The van der Waals surface area contributed by atoms with Gasteiger partial charge in [-0.3, -0.25) is 14.5 Å². The molecule has 1 aromatic heterocycles. The number of hydrogen-bond acceptors (Lipinski definition) is 10. The molecule has 10 aliphatic rings. The number of unbranched alkanes of at least 4 members (excludes halogenated alkanes) is 1. The van der Waals surface area contributed by atoms with Crippen LogP contribution in [-0.2, 0) is 39.8 Å². The SMILES string of the molecule is CC12C[C@@]3(C)C[C@@](C)(C1)[C@H]1OC2O[C@@H]3N1CCCCC(NC(=O)C(Cc1cnc[nH]1)NC(=O)CN1[C@H]2OC3O[C@@H]1[C@]1(C)CC3(C)C[C@@]2(C)C1)C(=O)O. The number of piperidine rings is 2. The molecule has 0 spiro atoms. The lowest BCUT2D eigenvalue weighted by atomic mass is 9.48. The summed E-state index contributed by atoms with van der Waals surface area (Å²) in [6, 6.07) is -2.12. The van der Waals surface area contributed by atoms with E-state index in [0.717, 1.165) is 51.5 Å². The largest absolute Gasteiger partial charge is 0.480 e. The number of carboxylic acids is 1. The first-order chi connectivity index (χ1) is 24.4. The minimum absolute atomic E-state index is 0.00283. The van der Waals surface area contributed by atoms with Crippen LogP contribution in [0, 0.1) is 32.5 Å². The number of carbonyl (C=O) groups excluding carboxylic acids is 2. The number of amides is 2. The van der Waals surface area contributed by atoms with Crippen molar-refractivity contribution in [3.05, 3.63) is 18.2 Å². The van der Waals surface area contributed by atoms with E-state index < -0.39 is 24.0 Å². The van der Waals surface area contributed by atoms with Gasteiger partial charge in [-0.05, 0) is 57.8 Å². The van der Waals surface area contributed by atoms with Crippen molar-refractivity contribution in [2.45, 2.75) is 155 Å². The summed E-state index contributed by atoms with van der Waals surface area (Å²) in [4.78, 5) is 51.5. The van der Waals surface area contributed by atoms with E-state index in [1.807, 2.05) is 4.90 Å². The number of nitrogens with zero attached hydrogens (tertiary/aromatic N) is 3. The molecule has 286 valence electrons. The molecule has 0 aromatic carbocycles. The summed E-state index contributed by atoms with van der Waals surface area (Å²) >= 11 is 0. The van der Waals surface area contributed by atoms with Crippen LogP contribution in [-0.4, -0.2) is 105 Å². The fourth-order valence-electron chi connectivity index (χ4n) is 13.8. The highest BCUT2D eigenvalue weighted by Crippen LogP contribution is 2.71. The molecular formula is C38H56N6O8. The van der Waals surface area contributed by atoms with Crippen LogP contribution in [0.25, 0.3) is 0 Å². The van der Waals surface area contributed by atoms with E-state index in [1.165, 1.54) is 6.33 Å². The molecule has 2 amide bonds. The van der Waals surface area contributed by atoms with E-state index >= 15 is 0 Å². The molecule has 52 heavy (non-hydrogen) atoms. The van der Waals surface area contributed by atoms with Gasteiger partial charge in [-0.2, -0.15) is 0 Å². The van der Waals surface area contributed by atoms with E-state index in [9.17, 15) is 19.5 Å². The van der Waals surface area contributed by atoms with Gasteiger partial charge in [0, 0.05) is 57.3 Å². The Hall–Kier alpha value is -2.62. The predicted molar refractivity (Wildman–Crippen MR) is 184 cm³/mol. The summed E-state index contributed by atoms with van der Waals surface area (Å²) in [5.74, 6) is -2.00. The number of carbonyl (C=O) groups is 3. The second-order valence-electron chi connectivity index (χ2n) is 19.8. The van der Waals surface area contributed by atoms with Gasteiger partial charge >= 0.3 is 5.97 Å². The molecule has 9 heterocycles. The van der Waals surface area contributed by atoms with Gasteiger partial charge in [0.25, 0.3) is 0 Å². The van der Waals surface area contributed by atoms with Gasteiger partial charge in [0.1, 0.15) is 37.0 Å². The molecule has 14 heteroatoms. The summed E-state index contributed by atoms with van der Waals surface area (Å²) in [6.07, 6.45) is 10.0. The van der Waals surface area contributed by atoms with E-state index in [4.69, 9.17) is 18.9 Å². The van der Waals surface area contributed by atoms with E-state index in [-0.39, 0.29) is 95.3 Å². The van der Waals surface area contributed by atoms with Crippen LogP contribution in [0.2, 0.25) is 0 Å². The minimum Gasteiger partial charge on any atom is -0.480 e. The van der Waals surface area contributed by atoms with Crippen LogP contribution >= 0.6 is 0 Å². The highest BCUT2D eigenvalue weighted by atomic mass is 16.7. The van der Waals surface area contributed by atoms with Crippen molar-refractivity contribution in [2.24, 2.45) is 32.5 Å². The van der Waals surface area contributed by atoms with Gasteiger partial charge in [0.2, 0.25) is 11.8 Å². The Morgan fingerprint density at radius 2 is 1.27 bits per heavy atom. The first-order valence-electron chi connectivity index (χ1n) is 19.4. The second kappa shape index (κ2) is 11.5. The molecule has 2 aliphatic carbocycles. The van der Waals surface area contributed by atoms with Crippen molar-refractivity contribution < 1.29 is 38.4 Å². The van der Waals surface area contributed by atoms with Crippen molar-refractivity contribution in [2.75, 3.05) is 13.1 Å². The monoisotopic (exact) mass is 724 g/mol. The van der Waals surface area contributed by atoms with E-state index in [2.05, 4.69) is 67.0 Å². The standard InChI is InChI=1S/C38H56N6O8/c1-33-14-34(2)17-37(5,16-33)31-49-27(33)43(28(34)50-31)10-8-7-9-22(26(47)48)42-25(46)23(11-21-12-39-20-40-21)41-24(45)13-44-29-35(3)15-36(4)19-38(6,18-35)32(51-29)52-30(36)44/h12,20,22-23,27-32H,7-11,13-19H2,1-6H3,(H,39,40)(H,41,45)(H,42,46)(H,47,48)/t22?,23?,27-,28+,29-,30+,31?,32?,33+,34-,35+,36-,37?,38?. The molecule has 4 N–H and O–H groups in total. The molecule has 12 bridgehead atoms. The zero-order chi connectivity index (χ0) is 36.6. The highest BCUT2D eigenvalue weighted by Gasteiger charge is 2.73. The molecule has 2 saturated carbocycles. The molecule has 8 saturated heterocycles. The fraction of sp³-hybridized carbons (Fsp3) is 0.842. The van der Waals surface area contributed by atoms with Gasteiger partial charge in [0.05, 0.1) is 12.9 Å². The van der Waals surface area contributed by atoms with Crippen molar-refractivity contribution in [3.8, 4) is 0 Å². The number of aromatic nitrogens is 2. The molecule has 6 unspecified atom stereocenters. The number of hydrogen-bond donors (Lipinski definition) is 4. The Labute approximate surface area is 305 Å². The van der Waals surface area contributed by atoms with Crippen LogP contribution in [0.5, 0.6) is 0 Å². The number of aromatic amines is 1. The number of ether oxygens (including phenoxy) is 4. The zero-order valence-corrected chi connectivity index (χ0v) is 31.4. The number of nitrogens with one attached hydrogen (secondary N) is 3. The maximum absolute atomic E-state index is 13.8. The molecule has 0 radical (unpaired) electrons. The average molecular weight is 725 g/mol. The lowest BCUT2D eigenvalue weighted by Crippen LogP contribution is -2.79. The average Bonchev–Trinajstić information content (AvgIpc) is 3.55. The summed E-state index contributed by atoms with van der Waals surface area (Å²) in [7, 11) is 0. The smallest absolute Gasteiger partial charge is 0.326 e. The molecule has 14 atom stereocenters. The van der Waals surface area contributed by atoms with Crippen LogP contribution in [0.3, 0.4) is 0 Å². The Bertz CT molecular complexity index is 1570. The van der Waals surface area contributed by atoms with E-state index in [1.54, 1.807) is 6.20 Å². The van der Waals surface area contributed by atoms with Gasteiger partial charge in [0.15, 0.2) is 12.6 Å². The van der Waals surface area contributed by atoms with Gasteiger partial charge < -0.3 is 39.7 Å². The predicted octanol–water partition coefficient (Wildman–Crippen LogP) is 3.29. The summed E-state index contributed by atoms with van der Waals surface area (Å²) in [5, 5.41) is 15.8. The van der Waals surface area contributed by atoms with Gasteiger partial charge in [-0.15, -0.1) is 0 Å². The van der Waals surface area contributed by atoms with Crippen LogP contribution in [0.15, 0.2) is 12.5 Å². The number of rotatable bonds is 13. The highest BCUT2D eigenvalue weighted by molar-refractivity contribution is 5.91. The van der Waals surface area contributed by atoms with Crippen LogP contribution in [0.4, 0.5) is 0 Å². The number of imidazole rings is 1. The summed E-state index contributed by atoms with van der Waals surface area (Å²) in [6.45, 7) is 14.5. The Kier molecular flexibility index (Phi) is 7.73. The quantitative estimate of drug-likeness (QED) is 0.221. The maximum atomic E-state index is 13.8. The zero-order valence-electron chi connectivity index (χ0n) is 31.4. The lowest BCUT2D eigenvalue weighted by Gasteiger charge is -2.74. The third-order valence-corrected chi connectivity index (χ3v) is 14.3. The van der Waals surface area contributed by atoms with Crippen molar-refractivity contribution in [3.63, 3.8) is 0 Å². The van der Waals surface area contributed by atoms with E-state index in [0.29, 0.717) is 12.1 Å². The van der Waals surface area contributed by atoms with Crippen LogP contribution < -0.4 is 10.6 Å². The third-order valence-electron chi connectivity index (χ3n) is 14.3. The Balaban J connectivity index is 0.833. The number of aliphatic carboxylic acids is 1. The minimum atomic E-state index is -1.10. The lowest BCUT2D eigenvalue weighted by molar-refractivity contribution is -0.474.